The minimum Gasteiger partial charge on any atom is -0.423 e. The third-order valence-electron chi connectivity index (χ3n) is 3.88. The van der Waals surface area contributed by atoms with E-state index in [2.05, 4.69) is 0 Å². The molecular formula is C21H18O4S. The molecule has 0 radical (unpaired) electrons. The molecule has 0 aliphatic heterocycles. The van der Waals surface area contributed by atoms with Gasteiger partial charge < -0.3 is 4.74 Å². The lowest BCUT2D eigenvalue weighted by Crippen LogP contribution is -2.09. The lowest BCUT2D eigenvalue weighted by atomic mass is 10.1. The molecule has 0 saturated heterocycles. The van der Waals surface area contributed by atoms with Crippen LogP contribution in [0.4, 0.5) is 0 Å². The van der Waals surface area contributed by atoms with Gasteiger partial charge in [0.2, 0.25) is 0 Å². The molecule has 3 aromatic carbocycles. The van der Waals surface area contributed by atoms with Gasteiger partial charge in [0, 0.05) is 0 Å². The van der Waals surface area contributed by atoms with Crippen LogP contribution < -0.4 is 4.74 Å². The molecule has 5 heteroatoms. The number of benzene rings is 3. The van der Waals surface area contributed by atoms with Gasteiger partial charge in [-0.3, -0.25) is 0 Å². The predicted molar refractivity (Wildman–Crippen MR) is 99.9 cm³/mol. The Hall–Kier alpha value is -2.92. The van der Waals surface area contributed by atoms with Crippen molar-refractivity contribution in [3.63, 3.8) is 0 Å². The number of rotatable bonds is 5. The number of carbonyl (C=O) groups excluding carboxylic acids is 1. The monoisotopic (exact) mass is 366 g/mol. The fraction of sp³-hybridized carbons (Fsp3) is 0.0952. The third kappa shape index (κ3) is 4.37. The zero-order valence-corrected chi connectivity index (χ0v) is 15.1. The Balaban J connectivity index is 1.71. The first-order valence-corrected chi connectivity index (χ1v) is 9.75. The van der Waals surface area contributed by atoms with E-state index in [0.717, 1.165) is 5.56 Å². The highest BCUT2D eigenvalue weighted by Gasteiger charge is 2.16. The molecule has 4 nitrogen and oxygen atoms in total. The van der Waals surface area contributed by atoms with Gasteiger partial charge in [0.05, 0.1) is 16.2 Å². The van der Waals surface area contributed by atoms with Crippen LogP contribution in [0.3, 0.4) is 0 Å². The maximum Gasteiger partial charge on any atom is 0.343 e. The molecule has 0 atom stereocenters. The fourth-order valence-corrected chi connectivity index (χ4v) is 3.79. The summed E-state index contributed by atoms with van der Waals surface area (Å²) in [6.45, 7) is 1.91. The fourth-order valence-electron chi connectivity index (χ4n) is 2.44. The number of aryl methyl sites for hydroxylation is 1. The van der Waals surface area contributed by atoms with Gasteiger partial charge >= 0.3 is 5.97 Å². The first kappa shape index (κ1) is 17.9. The predicted octanol–water partition coefficient (Wildman–Crippen LogP) is 4.19. The smallest absolute Gasteiger partial charge is 0.343 e. The molecule has 0 unspecified atom stereocenters. The van der Waals surface area contributed by atoms with Gasteiger partial charge in [-0.15, -0.1) is 0 Å². The Morgan fingerprint density at radius 2 is 1.46 bits per heavy atom. The highest BCUT2D eigenvalue weighted by Crippen LogP contribution is 2.18. The summed E-state index contributed by atoms with van der Waals surface area (Å²) >= 11 is 0. The molecule has 3 aromatic rings. The summed E-state index contributed by atoms with van der Waals surface area (Å²) in [5, 5.41) is 0. The van der Waals surface area contributed by atoms with Crippen molar-refractivity contribution < 1.29 is 17.9 Å². The summed E-state index contributed by atoms with van der Waals surface area (Å²) in [4.78, 5) is 12.4. The Bertz CT molecular complexity index is 990. The summed E-state index contributed by atoms with van der Waals surface area (Å²) in [6, 6.07) is 22.0. The van der Waals surface area contributed by atoms with Gasteiger partial charge in [0.1, 0.15) is 5.75 Å². The number of hydrogen-bond donors (Lipinski definition) is 0. The molecule has 132 valence electrons. The molecule has 0 fully saturated rings. The van der Waals surface area contributed by atoms with E-state index in [4.69, 9.17) is 4.74 Å². The molecule has 26 heavy (non-hydrogen) atoms. The number of para-hydroxylation sites is 1. The van der Waals surface area contributed by atoms with Crippen LogP contribution in [0.5, 0.6) is 5.75 Å². The molecule has 3 rings (SSSR count). The summed E-state index contributed by atoms with van der Waals surface area (Å²) in [5.74, 6) is -0.142. The average Bonchev–Trinajstić information content (AvgIpc) is 2.63. The van der Waals surface area contributed by atoms with Gasteiger partial charge in [-0.2, -0.15) is 0 Å². The normalized spacial score (nSPS) is 11.1. The van der Waals surface area contributed by atoms with Crippen molar-refractivity contribution >= 4 is 15.8 Å². The molecule has 0 aliphatic rings. The van der Waals surface area contributed by atoms with Crippen molar-refractivity contribution in [3.05, 3.63) is 95.6 Å². The van der Waals surface area contributed by atoms with E-state index in [1.807, 2.05) is 13.0 Å². The lowest BCUT2D eigenvalue weighted by Gasteiger charge is -2.07. The van der Waals surface area contributed by atoms with Crippen molar-refractivity contribution in [1.29, 1.82) is 0 Å². The largest absolute Gasteiger partial charge is 0.423 e. The Labute approximate surface area is 153 Å². The number of ether oxygens (including phenoxy) is 1. The Morgan fingerprint density at radius 3 is 2.08 bits per heavy atom. The Kier molecular flexibility index (Phi) is 5.19. The third-order valence-corrected chi connectivity index (χ3v) is 5.58. The van der Waals surface area contributed by atoms with Crippen LogP contribution >= 0.6 is 0 Å². The average molecular weight is 366 g/mol. The van der Waals surface area contributed by atoms with Crippen LogP contribution in [0, 0.1) is 6.92 Å². The molecule has 0 amide bonds. The standard InChI is InChI=1S/C21H18O4S/c1-16-7-13-20(14-8-16)26(23,24)15-17-9-11-18(12-10-17)21(22)25-19-5-3-2-4-6-19/h2-14H,15H2,1H3. The van der Waals surface area contributed by atoms with Crippen molar-refractivity contribution in [2.45, 2.75) is 17.6 Å². The van der Waals surface area contributed by atoms with Crippen molar-refractivity contribution in [2.24, 2.45) is 0 Å². The van der Waals surface area contributed by atoms with E-state index >= 15 is 0 Å². The summed E-state index contributed by atoms with van der Waals surface area (Å²) in [5.41, 5.74) is 1.98. The van der Waals surface area contributed by atoms with Crippen molar-refractivity contribution in [1.82, 2.24) is 0 Å². The number of carbonyl (C=O) groups is 1. The summed E-state index contributed by atoms with van der Waals surface area (Å²) < 4.78 is 30.2. The highest BCUT2D eigenvalue weighted by molar-refractivity contribution is 7.90. The van der Waals surface area contributed by atoms with E-state index in [-0.39, 0.29) is 10.6 Å². The summed E-state index contributed by atoms with van der Waals surface area (Å²) in [6.07, 6.45) is 0. The van der Waals surface area contributed by atoms with E-state index in [1.54, 1.807) is 72.8 Å². The van der Waals surface area contributed by atoms with Gasteiger partial charge in [-0.05, 0) is 48.9 Å². The molecule has 0 heterocycles. The van der Waals surface area contributed by atoms with Crippen molar-refractivity contribution in [2.75, 3.05) is 0 Å². The highest BCUT2D eigenvalue weighted by atomic mass is 32.2. The first-order chi connectivity index (χ1) is 12.4. The number of hydrogen-bond acceptors (Lipinski definition) is 4. The van der Waals surface area contributed by atoms with Gasteiger partial charge in [0.15, 0.2) is 9.84 Å². The van der Waals surface area contributed by atoms with E-state index in [1.165, 1.54) is 0 Å². The van der Waals surface area contributed by atoms with Gasteiger partial charge in [0.25, 0.3) is 0 Å². The van der Waals surface area contributed by atoms with Gasteiger partial charge in [-0.25, -0.2) is 13.2 Å². The molecule has 0 saturated carbocycles. The van der Waals surface area contributed by atoms with Crippen LogP contribution in [-0.2, 0) is 15.6 Å². The maximum atomic E-state index is 12.5. The first-order valence-electron chi connectivity index (χ1n) is 8.10. The molecular weight excluding hydrogens is 348 g/mol. The van der Waals surface area contributed by atoms with Crippen LogP contribution in [0.25, 0.3) is 0 Å². The topological polar surface area (TPSA) is 60.4 Å². The summed E-state index contributed by atoms with van der Waals surface area (Å²) in [7, 11) is -3.43. The van der Waals surface area contributed by atoms with Crippen LogP contribution in [0.2, 0.25) is 0 Å². The minimum atomic E-state index is -3.43. The molecule has 0 aliphatic carbocycles. The van der Waals surface area contributed by atoms with Crippen LogP contribution in [0.1, 0.15) is 21.5 Å². The number of sulfone groups is 1. The van der Waals surface area contributed by atoms with Gasteiger partial charge in [-0.1, -0.05) is 48.0 Å². The maximum absolute atomic E-state index is 12.5. The van der Waals surface area contributed by atoms with E-state index in [0.29, 0.717) is 16.9 Å². The van der Waals surface area contributed by atoms with Crippen LogP contribution in [-0.4, -0.2) is 14.4 Å². The molecule has 0 N–H and O–H groups in total. The quantitative estimate of drug-likeness (QED) is 0.502. The lowest BCUT2D eigenvalue weighted by molar-refractivity contribution is 0.0735. The van der Waals surface area contributed by atoms with Crippen LogP contribution in [0.15, 0.2) is 83.8 Å². The molecule has 0 aromatic heterocycles. The zero-order valence-electron chi connectivity index (χ0n) is 14.3. The second kappa shape index (κ2) is 7.54. The van der Waals surface area contributed by atoms with E-state index in [9.17, 15) is 13.2 Å². The minimum absolute atomic E-state index is 0.121. The zero-order chi connectivity index (χ0) is 18.6. The van der Waals surface area contributed by atoms with Crippen molar-refractivity contribution in [3.8, 4) is 5.75 Å². The Morgan fingerprint density at radius 1 is 0.846 bits per heavy atom. The molecule has 0 spiro atoms. The SMILES string of the molecule is Cc1ccc(S(=O)(=O)Cc2ccc(C(=O)Oc3ccccc3)cc2)cc1. The number of esters is 1. The second-order valence-corrected chi connectivity index (χ2v) is 7.96. The molecule has 0 bridgehead atoms. The van der Waals surface area contributed by atoms with E-state index < -0.39 is 15.8 Å². The second-order valence-electron chi connectivity index (χ2n) is 5.97.